The number of halogens is 1. The molecule has 1 N–H and O–H groups in total. The number of aromatic nitrogens is 3. The summed E-state index contributed by atoms with van der Waals surface area (Å²) in [5.74, 6) is 0.607. The second-order valence-electron chi connectivity index (χ2n) is 7.42. The van der Waals surface area contributed by atoms with E-state index < -0.39 is 0 Å². The van der Waals surface area contributed by atoms with Crippen LogP contribution in [0.5, 0.6) is 0 Å². The lowest BCUT2D eigenvalue weighted by molar-refractivity contribution is -0.118. The molecule has 3 aromatic carbocycles. The van der Waals surface area contributed by atoms with Crippen molar-refractivity contribution in [1.82, 2.24) is 20.2 Å². The van der Waals surface area contributed by atoms with Crippen LogP contribution < -0.4 is 5.43 Å². The maximum absolute atomic E-state index is 12.4. The summed E-state index contributed by atoms with van der Waals surface area (Å²) in [6.45, 7) is 4.03. The second kappa shape index (κ2) is 10.5. The highest BCUT2D eigenvalue weighted by Crippen LogP contribution is 2.28. The lowest BCUT2D eigenvalue weighted by Crippen LogP contribution is -2.20. The Bertz CT molecular complexity index is 1280. The Balaban J connectivity index is 1.52. The van der Waals surface area contributed by atoms with Crippen LogP contribution in [0.4, 0.5) is 0 Å². The molecule has 0 atom stereocenters. The van der Waals surface area contributed by atoms with E-state index in [1.165, 1.54) is 11.8 Å². The fourth-order valence-corrected chi connectivity index (χ4v) is 4.01. The molecule has 0 bridgehead atoms. The quantitative estimate of drug-likeness (QED) is 0.219. The van der Waals surface area contributed by atoms with Crippen LogP contribution in [0.3, 0.4) is 0 Å². The number of thioether (sulfide) groups is 1. The average molecular weight is 476 g/mol. The van der Waals surface area contributed by atoms with Crippen LogP contribution in [-0.4, -0.2) is 32.6 Å². The lowest BCUT2D eigenvalue weighted by atomic mass is 10.1. The number of carbonyl (C=O) groups excluding carboxylic acids is 1. The normalized spacial score (nSPS) is 11.1. The molecule has 0 aliphatic heterocycles. The highest BCUT2D eigenvalue weighted by atomic mass is 35.5. The van der Waals surface area contributed by atoms with E-state index in [-0.39, 0.29) is 11.7 Å². The number of hydrazone groups is 1. The predicted molar refractivity (Wildman–Crippen MR) is 134 cm³/mol. The molecule has 166 valence electrons. The molecule has 0 aliphatic rings. The molecule has 0 radical (unpaired) electrons. The zero-order valence-electron chi connectivity index (χ0n) is 18.2. The van der Waals surface area contributed by atoms with Crippen LogP contribution in [0, 0.1) is 13.8 Å². The van der Waals surface area contributed by atoms with Gasteiger partial charge in [-0.05, 0) is 49.2 Å². The van der Waals surface area contributed by atoms with E-state index in [4.69, 9.17) is 11.6 Å². The van der Waals surface area contributed by atoms with Gasteiger partial charge in [0.05, 0.1) is 12.0 Å². The third-order valence-corrected chi connectivity index (χ3v) is 6.12. The first-order valence-corrected chi connectivity index (χ1v) is 11.7. The number of benzene rings is 3. The fourth-order valence-electron chi connectivity index (χ4n) is 3.14. The van der Waals surface area contributed by atoms with E-state index in [0.29, 0.717) is 16.0 Å². The van der Waals surface area contributed by atoms with Crippen molar-refractivity contribution < 1.29 is 4.79 Å². The Kier molecular flexibility index (Phi) is 7.22. The topological polar surface area (TPSA) is 72.2 Å². The number of aryl methyl sites for hydroxylation is 2. The average Bonchev–Trinajstić information content (AvgIpc) is 3.24. The smallest absolute Gasteiger partial charge is 0.250 e. The third kappa shape index (κ3) is 5.69. The molecule has 6 nitrogen and oxygen atoms in total. The summed E-state index contributed by atoms with van der Waals surface area (Å²) in [6, 6.07) is 23.3. The molecule has 1 aromatic heterocycles. The SMILES string of the molecule is Cc1ccc(-c2nnc(SCC(=O)NN=Cc3ccccc3C)n2-c2ccc(Cl)cc2)cc1. The van der Waals surface area contributed by atoms with Gasteiger partial charge in [0, 0.05) is 16.3 Å². The molecular weight excluding hydrogens is 454 g/mol. The molecule has 1 heterocycles. The van der Waals surface area contributed by atoms with E-state index in [0.717, 1.165) is 27.9 Å². The third-order valence-electron chi connectivity index (χ3n) is 4.94. The molecule has 1 amide bonds. The molecule has 0 unspecified atom stereocenters. The molecule has 0 saturated heterocycles. The van der Waals surface area contributed by atoms with Gasteiger partial charge < -0.3 is 0 Å². The van der Waals surface area contributed by atoms with E-state index in [1.54, 1.807) is 6.21 Å². The number of amides is 1. The van der Waals surface area contributed by atoms with Crippen molar-refractivity contribution in [1.29, 1.82) is 0 Å². The number of nitrogens with one attached hydrogen (secondary N) is 1. The maximum atomic E-state index is 12.4. The van der Waals surface area contributed by atoms with Crippen molar-refractivity contribution in [3.8, 4) is 17.1 Å². The molecule has 0 fully saturated rings. The first-order valence-electron chi connectivity index (χ1n) is 10.3. The van der Waals surface area contributed by atoms with Crippen LogP contribution in [0.1, 0.15) is 16.7 Å². The fraction of sp³-hybridized carbons (Fsp3) is 0.120. The monoisotopic (exact) mass is 475 g/mol. The van der Waals surface area contributed by atoms with Gasteiger partial charge in [-0.25, -0.2) is 5.43 Å². The van der Waals surface area contributed by atoms with Gasteiger partial charge in [0.1, 0.15) is 0 Å². The highest BCUT2D eigenvalue weighted by molar-refractivity contribution is 7.99. The molecule has 4 aromatic rings. The lowest BCUT2D eigenvalue weighted by Gasteiger charge is -2.10. The number of nitrogens with zero attached hydrogens (tertiary/aromatic N) is 4. The van der Waals surface area contributed by atoms with E-state index in [9.17, 15) is 4.79 Å². The van der Waals surface area contributed by atoms with Gasteiger partial charge in [-0.1, -0.05) is 77.5 Å². The van der Waals surface area contributed by atoms with Crippen molar-refractivity contribution in [2.75, 3.05) is 5.75 Å². The van der Waals surface area contributed by atoms with Crippen molar-refractivity contribution in [3.63, 3.8) is 0 Å². The molecule has 0 spiro atoms. The van der Waals surface area contributed by atoms with E-state index >= 15 is 0 Å². The zero-order chi connectivity index (χ0) is 23.2. The summed E-state index contributed by atoms with van der Waals surface area (Å²) in [5.41, 5.74) is 7.57. The van der Waals surface area contributed by atoms with Gasteiger partial charge in [-0.3, -0.25) is 9.36 Å². The minimum Gasteiger partial charge on any atom is -0.272 e. The van der Waals surface area contributed by atoms with Crippen LogP contribution in [-0.2, 0) is 4.79 Å². The second-order valence-corrected chi connectivity index (χ2v) is 8.80. The Morgan fingerprint density at radius 3 is 2.48 bits per heavy atom. The largest absolute Gasteiger partial charge is 0.272 e. The van der Waals surface area contributed by atoms with E-state index in [1.807, 2.05) is 91.2 Å². The minimum atomic E-state index is -0.229. The van der Waals surface area contributed by atoms with Crippen LogP contribution >= 0.6 is 23.4 Å². The summed E-state index contributed by atoms with van der Waals surface area (Å²) in [5, 5.41) is 14.1. The zero-order valence-corrected chi connectivity index (χ0v) is 19.8. The van der Waals surface area contributed by atoms with Crippen molar-refractivity contribution >= 4 is 35.5 Å². The molecule has 4 rings (SSSR count). The predicted octanol–water partition coefficient (Wildman–Crippen LogP) is 5.45. The number of carbonyl (C=O) groups is 1. The number of rotatable bonds is 7. The summed E-state index contributed by atoms with van der Waals surface area (Å²) < 4.78 is 1.93. The molecular formula is C25H22ClN5OS. The summed E-state index contributed by atoms with van der Waals surface area (Å²) in [7, 11) is 0. The highest BCUT2D eigenvalue weighted by Gasteiger charge is 2.17. The number of hydrogen-bond donors (Lipinski definition) is 1. The van der Waals surface area contributed by atoms with Gasteiger partial charge in [0.25, 0.3) is 5.91 Å². The Morgan fingerprint density at radius 1 is 1.03 bits per heavy atom. The first kappa shape index (κ1) is 22.8. The van der Waals surface area contributed by atoms with Gasteiger partial charge in [-0.15, -0.1) is 10.2 Å². The molecule has 0 saturated carbocycles. The molecule has 0 aliphatic carbocycles. The van der Waals surface area contributed by atoms with Crippen LogP contribution in [0.15, 0.2) is 83.1 Å². The summed E-state index contributed by atoms with van der Waals surface area (Å²) >= 11 is 7.37. The maximum Gasteiger partial charge on any atom is 0.250 e. The van der Waals surface area contributed by atoms with Gasteiger partial charge >= 0.3 is 0 Å². The van der Waals surface area contributed by atoms with Crippen molar-refractivity contribution in [3.05, 3.63) is 94.5 Å². The van der Waals surface area contributed by atoms with Crippen molar-refractivity contribution in [2.45, 2.75) is 19.0 Å². The Morgan fingerprint density at radius 2 is 1.76 bits per heavy atom. The summed E-state index contributed by atoms with van der Waals surface area (Å²) in [6.07, 6.45) is 1.64. The number of hydrogen-bond acceptors (Lipinski definition) is 5. The summed E-state index contributed by atoms with van der Waals surface area (Å²) in [4.78, 5) is 12.4. The van der Waals surface area contributed by atoms with Gasteiger partial charge in [0.2, 0.25) is 0 Å². The molecule has 8 heteroatoms. The Hall–Kier alpha value is -3.42. The first-order chi connectivity index (χ1) is 16.0. The minimum absolute atomic E-state index is 0.144. The van der Waals surface area contributed by atoms with Crippen LogP contribution in [0.2, 0.25) is 5.02 Å². The Labute approximate surface area is 201 Å². The van der Waals surface area contributed by atoms with Gasteiger partial charge in [-0.2, -0.15) is 5.10 Å². The van der Waals surface area contributed by atoms with Crippen LogP contribution in [0.25, 0.3) is 17.1 Å². The van der Waals surface area contributed by atoms with E-state index in [2.05, 4.69) is 20.7 Å². The molecule has 33 heavy (non-hydrogen) atoms. The standard InChI is InChI=1S/C25H22ClN5OS/c1-17-7-9-19(10-8-17)24-29-30-25(31(24)22-13-11-21(26)12-14-22)33-16-23(32)28-27-15-20-6-4-3-5-18(20)2/h3-15H,16H2,1-2H3,(H,28,32). The van der Waals surface area contributed by atoms with Crippen molar-refractivity contribution in [2.24, 2.45) is 5.10 Å². The van der Waals surface area contributed by atoms with Gasteiger partial charge in [0.15, 0.2) is 11.0 Å².